The lowest BCUT2D eigenvalue weighted by atomic mass is 10.1. The van der Waals surface area contributed by atoms with E-state index < -0.39 is 0 Å². The molecule has 0 bridgehead atoms. The molecule has 2 rings (SSSR count). The monoisotopic (exact) mass is 309 g/mol. The van der Waals surface area contributed by atoms with Crippen LogP contribution in [0.25, 0.3) is 0 Å². The van der Waals surface area contributed by atoms with E-state index in [1.165, 1.54) is 0 Å². The molecule has 1 heterocycles. The standard InChI is InChI=1S/C13H16BrN3O/c1-3-11(15-2)13-16-12(17-18-13)8-9-5-4-6-10(14)7-9/h4-7,11,15H,3,8H2,1-2H3. The van der Waals surface area contributed by atoms with Crippen LogP contribution in [-0.2, 0) is 6.42 Å². The van der Waals surface area contributed by atoms with Crippen LogP contribution in [0.2, 0.25) is 0 Å². The molecule has 2 aromatic rings. The predicted molar refractivity (Wildman–Crippen MR) is 73.3 cm³/mol. The second-order valence-electron chi connectivity index (χ2n) is 4.11. The van der Waals surface area contributed by atoms with Crippen LogP contribution in [0, 0.1) is 0 Å². The number of benzene rings is 1. The Morgan fingerprint density at radius 1 is 1.44 bits per heavy atom. The van der Waals surface area contributed by atoms with E-state index in [9.17, 15) is 0 Å². The molecule has 0 fully saturated rings. The molecule has 0 spiro atoms. The van der Waals surface area contributed by atoms with Gasteiger partial charge < -0.3 is 9.84 Å². The van der Waals surface area contributed by atoms with Gasteiger partial charge in [-0.25, -0.2) is 0 Å². The van der Waals surface area contributed by atoms with Crippen LogP contribution in [0.3, 0.4) is 0 Å². The van der Waals surface area contributed by atoms with Gasteiger partial charge in [-0.15, -0.1) is 0 Å². The Morgan fingerprint density at radius 2 is 2.28 bits per heavy atom. The largest absolute Gasteiger partial charge is 0.338 e. The molecule has 0 saturated carbocycles. The van der Waals surface area contributed by atoms with E-state index in [-0.39, 0.29) is 6.04 Å². The third-order valence-electron chi connectivity index (χ3n) is 2.79. The molecule has 0 aliphatic rings. The molecule has 0 radical (unpaired) electrons. The van der Waals surface area contributed by atoms with Gasteiger partial charge in [0.15, 0.2) is 5.82 Å². The Labute approximate surface area is 115 Å². The average molecular weight is 310 g/mol. The van der Waals surface area contributed by atoms with Crippen LogP contribution in [0.1, 0.15) is 36.7 Å². The minimum absolute atomic E-state index is 0.133. The Balaban J connectivity index is 2.11. The van der Waals surface area contributed by atoms with Gasteiger partial charge in [-0.1, -0.05) is 40.1 Å². The van der Waals surface area contributed by atoms with Crippen molar-refractivity contribution in [2.45, 2.75) is 25.8 Å². The molecule has 1 aromatic carbocycles. The third kappa shape index (κ3) is 3.17. The quantitative estimate of drug-likeness (QED) is 0.922. The smallest absolute Gasteiger partial charge is 0.243 e. The summed E-state index contributed by atoms with van der Waals surface area (Å²) in [4.78, 5) is 4.42. The van der Waals surface area contributed by atoms with Gasteiger partial charge in [-0.3, -0.25) is 0 Å². The van der Waals surface area contributed by atoms with Crippen LogP contribution >= 0.6 is 15.9 Å². The Morgan fingerprint density at radius 3 is 2.94 bits per heavy atom. The van der Waals surface area contributed by atoms with Crippen LogP contribution < -0.4 is 5.32 Å². The minimum atomic E-state index is 0.133. The molecule has 1 aromatic heterocycles. The first kappa shape index (κ1) is 13.2. The van der Waals surface area contributed by atoms with Crippen LogP contribution in [0.15, 0.2) is 33.3 Å². The molecule has 96 valence electrons. The van der Waals surface area contributed by atoms with Gasteiger partial charge in [0.25, 0.3) is 0 Å². The van der Waals surface area contributed by atoms with E-state index in [1.807, 2.05) is 19.2 Å². The van der Waals surface area contributed by atoms with Gasteiger partial charge >= 0.3 is 0 Å². The van der Waals surface area contributed by atoms with Gasteiger partial charge in [-0.2, -0.15) is 4.98 Å². The number of nitrogens with zero attached hydrogens (tertiary/aromatic N) is 2. The zero-order valence-electron chi connectivity index (χ0n) is 10.5. The molecule has 18 heavy (non-hydrogen) atoms. The molecule has 1 N–H and O–H groups in total. The summed E-state index contributed by atoms with van der Waals surface area (Å²) in [5, 5.41) is 7.17. The SMILES string of the molecule is CCC(NC)c1nc(Cc2cccc(Br)c2)no1. The summed E-state index contributed by atoms with van der Waals surface area (Å²) in [6, 6.07) is 8.25. The highest BCUT2D eigenvalue weighted by Gasteiger charge is 2.15. The van der Waals surface area contributed by atoms with E-state index in [2.05, 4.69) is 50.4 Å². The van der Waals surface area contributed by atoms with Crippen LogP contribution in [0.5, 0.6) is 0 Å². The molecule has 0 aliphatic carbocycles. The number of rotatable bonds is 5. The van der Waals surface area contributed by atoms with Crippen molar-refractivity contribution in [1.29, 1.82) is 0 Å². The van der Waals surface area contributed by atoms with E-state index >= 15 is 0 Å². The molecular weight excluding hydrogens is 294 g/mol. The summed E-state index contributed by atoms with van der Waals surface area (Å²) < 4.78 is 6.34. The Kier molecular flexibility index (Phi) is 4.49. The van der Waals surface area contributed by atoms with Crippen molar-refractivity contribution in [3.8, 4) is 0 Å². The van der Waals surface area contributed by atoms with Crippen molar-refractivity contribution in [1.82, 2.24) is 15.5 Å². The fraction of sp³-hybridized carbons (Fsp3) is 0.385. The second kappa shape index (κ2) is 6.11. The molecule has 0 amide bonds. The van der Waals surface area contributed by atoms with Crippen molar-refractivity contribution in [3.63, 3.8) is 0 Å². The number of hydrogen-bond donors (Lipinski definition) is 1. The summed E-state index contributed by atoms with van der Waals surface area (Å²) in [7, 11) is 1.90. The molecule has 5 heteroatoms. The van der Waals surface area contributed by atoms with Crippen molar-refractivity contribution >= 4 is 15.9 Å². The van der Waals surface area contributed by atoms with Gasteiger partial charge in [-0.05, 0) is 31.2 Å². The third-order valence-corrected chi connectivity index (χ3v) is 3.28. The summed E-state index contributed by atoms with van der Waals surface area (Å²) >= 11 is 3.45. The summed E-state index contributed by atoms with van der Waals surface area (Å²) in [6.45, 7) is 2.08. The highest BCUT2D eigenvalue weighted by Crippen LogP contribution is 2.17. The first-order chi connectivity index (χ1) is 8.72. The fourth-order valence-corrected chi connectivity index (χ4v) is 2.26. The topological polar surface area (TPSA) is 51.0 Å². The lowest BCUT2D eigenvalue weighted by Gasteiger charge is -2.06. The number of aromatic nitrogens is 2. The number of halogens is 1. The van der Waals surface area contributed by atoms with E-state index in [0.29, 0.717) is 12.3 Å². The van der Waals surface area contributed by atoms with Crippen molar-refractivity contribution < 1.29 is 4.52 Å². The zero-order valence-corrected chi connectivity index (χ0v) is 12.1. The number of hydrogen-bond acceptors (Lipinski definition) is 4. The Hall–Kier alpha value is -1.20. The molecule has 0 saturated heterocycles. The highest BCUT2D eigenvalue weighted by molar-refractivity contribution is 9.10. The molecule has 0 aliphatic heterocycles. The lowest BCUT2D eigenvalue weighted by Crippen LogP contribution is -2.15. The molecule has 1 atom stereocenters. The van der Waals surface area contributed by atoms with Crippen molar-refractivity contribution in [3.05, 3.63) is 46.0 Å². The summed E-state index contributed by atoms with van der Waals surface area (Å²) in [6.07, 6.45) is 1.61. The van der Waals surface area contributed by atoms with Crippen molar-refractivity contribution in [2.24, 2.45) is 0 Å². The lowest BCUT2D eigenvalue weighted by molar-refractivity contribution is 0.331. The second-order valence-corrected chi connectivity index (χ2v) is 5.02. The fourth-order valence-electron chi connectivity index (χ4n) is 1.81. The molecule has 4 nitrogen and oxygen atoms in total. The highest BCUT2D eigenvalue weighted by atomic mass is 79.9. The van der Waals surface area contributed by atoms with Crippen LogP contribution in [0.4, 0.5) is 0 Å². The van der Waals surface area contributed by atoms with Gasteiger partial charge in [0.05, 0.1) is 6.04 Å². The van der Waals surface area contributed by atoms with Crippen LogP contribution in [-0.4, -0.2) is 17.2 Å². The van der Waals surface area contributed by atoms with Crippen molar-refractivity contribution in [2.75, 3.05) is 7.05 Å². The maximum atomic E-state index is 5.28. The number of nitrogens with one attached hydrogen (secondary N) is 1. The van der Waals surface area contributed by atoms with E-state index in [0.717, 1.165) is 22.3 Å². The normalized spacial score (nSPS) is 12.6. The zero-order chi connectivity index (χ0) is 13.0. The van der Waals surface area contributed by atoms with Gasteiger partial charge in [0.2, 0.25) is 5.89 Å². The first-order valence-corrected chi connectivity index (χ1v) is 6.76. The van der Waals surface area contributed by atoms with Gasteiger partial charge in [0, 0.05) is 10.9 Å². The summed E-state index contributed by atoms with van der Waals surface area (Å²) in [5.74, 6) is 1.38. The van der Waals surface area contributed by atoms with E-state index in [4.69, 9.17) is 4.52 Å². The molecule has 1 unspecified atom stereocenters. The average Bonchev–Trinajstić information content (AvgIpc) is 2.79. The predicted octanol–water partition coefficient (Wildman–Crippen LogP) is 3.09. The van der Waals surface area contributed by atoms with E-state index in [1.54, 1.807) is 0 Å². The maximum absolute atomic E-state index is 5.28. The van der Waals surface area contributed by atoms with Gasteiger partial charge in [0.1, 0.15) is 0 Å². The Bertz CT molecular complexity index is 508. The first-order valence-electron chi connectivity index (χ1n) is 5.97. The minimum Gasteiger partial charge on any atom is -0.338 e. The maximum Gasteiger partial charge on any atom is 0.243 e. The summed E-state index contributed by atoms with van der Waals surface area (Å²) in [5.41, 5.74) is 1.16. The molecular formula is C13H16BrN3O.